The highest BCUT2D eigenvalue weighted by Crippen LogP contribution is 2.49. The fraction of sp³-hybridized carbons (Fsp3) is 0.375. The molecule has 0 aliphatic carbocycles. The van der Waals surface area contributed by atoms with E-state index in [1.54, 1.807) is 37.3 Å². The Bertz CT molecular complexity index is 1530. The van der Waals surface area contributed by atoms with Crippen LogP contribution in [0.2, 0.25) is 0 Å². The summed E-state index contributed by atoms with van der Waals surface area (Å²) in [4.78, 5) is 11.2. The second kappa shape index (κ2) is 12.7. The van der Waals surface area contributed by atoms with E-state index in [4.69, 9.17) is 19.2 Å². The number of fused-ring (bicyclic) bond motifs is 1. The summed E-state index contributed by atoms with van der Waals surface area (Å²) >= 11 is 3.55. The molecule has 0 aliphatic heterocycles. The first-order valence-corrected chi connectivity index (χ1v) is 14.3. The second-order valence-electron chi connectivity index (χ2n) is 10.7. The zero-order valence-corrected chi connectivity index (χ0v) is 26.1. The van der Waals surface area contributed by atoms with Crippen LogP contribution < -0.4 is 14.2 Å². The fourth-order valence-corrected chi connectivity index (χ4v) is 5.46. The molecule has 41 heavy (non-hydrogen) atoms. The van der Waals surface area contributed by atoms with Crippen LogP contribution in [0, 0.1) is 12.7 Å². The molecule has 0 saturated carbocycles. The summed E-state index contributed by atoms with van der Waals surface area (Å²) in [5.41, 5.74) is 0.859. The zero-order valence-electron chi connectivity index (χ0n) is 24.5. The summed E-state index contributed by atoms with van der Waals surface area (Å²) in [6, 6.07) is 16.3. The quantitative estimate of drug-likeness (QED) is 0.201. The third-order valence-electron chi connectivity index (χ3n) is 7.07. The van der Waals surface area contributed by atoms with Crippen LogP contribution in [0.3, 0.4) is 0 Å². The van der Waals surface area contributed by atoms with Gasteiger partial charge in [0.05, 0.1) is 31.8 Å². The third kappa shape index (κ3) is 6.63. The molecule has 4 rings (SSSR count). The van der Waals surface area contributed by atoms with Crippen molar-refractivity contribution in [3.63, 3.8) is 0 Å². The van der Waals surface area contributed by atoms with Gasteiger partial charge in [-0.3, -0.25) is 0 Å². The summed E-state index contributed by atoms with van der Waals surface area (Å²) < 4.78 is 34.3. The Kier molecular flexibility index (Phi) is 9.51. The molecule has 0 amide bonds. The van der Waals surface area contributed by atoms with Gasteiger partial charge in [-0.2, -0.15) is 4.98 Å². The van der Waals surface area contributed by atoms with E-state index in [1.165, 1.54) is 14.2 Å². The first-order valence-electron chi connectivity index (χ1n) is 13.5. The number of hydrogen-bond donors (Lipinski definition) is 1. The molecule has 2 heterocycles. The molecule has 2 aromatic carbocycles. The van der Waals surface area contributed by atoms with Gasteiger partial charge in [-0.05, 0) is 82.2 Å². The van der Waals surface area contributed by atoms with Gasteiger partial charge >= 0.3 is 0 Å². The van der Waals surface area contributed by atoms with Gasteiger partial charge in [-0.15, -0.1) is 0 Å². The minimum absolute atomic E-state index is 0.162. The van der Waals surface area contributed by atoms with Crippen molar-refractivity contribution in [2.24, 2.45) is 0 Å². The highest BCUT2D eigenvalue weighted by Gasteiger charge is 2.44. The molecule has 7 nitrogen and oxygen atoms in total. The number of pyridine rings is 2. The number of methoxy groups -OCH3 is 2. The lowest BCUT2D eigenvalue weighted by Gasteiger charge is -2.39. The van der Waals surface area contributed by atoms with Gasteiger partial charge < -0.3 is 24.2 Å². The number of aliphatic hydroxyl groups is 1. The SMILES string of the molecule is COc1cc(C(O)(CCN(C)C)C(c2cc3cc(Br)ccc3nc2OC)c2cccc(C)c2F)cc(OC(C)C)n1. The maximum atomic E-state index is 16.1. The highest BCUT2D eigenvalue weighted by atomic mass is 79.9. The van der Waals surface area contributed by atoms with Crippen LogP contribution in [-0.4, -0.2) is 60.9 Å². The largest absolute Gasteiger partial charge is 0.481 e. The number of rotatable bonds is 11. The van der Waals surface area contributed by atoms with Crippen molar-refractivity contribution in [2.45, 2.75) is 44.8 Å². The molecular formula is C32H37BrFN3O4. The van der Waals surface area contributed by atoms with Crippen LogP contribution >= 0.6 is 15.9 Å². The maximum Gasteiger partial charge on any atom is 0.217 e. The van der Waals surface area contributed by atoms with Crippen LogP contribution in [0.4, 0.5) is 4.39 Å². The Morgan fingerprint density at radius 2 is 1.71 bits per heavy atom. The van der Waals surface area contributed by atoms with E-state index in [9.17, 15) is 5.11 Å². The molecule has 9 heteroatoms. The van der Waals surface area contributed by atoms with Crippen molar-refractivity contribution in [2.75, 3.05) is 34.9 Å². The topological polar surface area (TPSA) is 76.9 Å². The Morgan fingerprint density at radius 1 is 0.976 bits per heavy atom. The zero-order chi connectivity index (χ0) is 29.9. The first-order chi connectivity index (χ1) is 19.5. The van der Waals surface area contributed by atoms with Gasteiger partial charge in [-0.1, -0.05) is 34.1 Å². The van der Waals surface area contributed by atoms with E-state index < -0.39 is 17.3 Å². The minimum atomic E-state index is -1.67. The average Bonchev–Trinajstić information content (AvgIpc) is 2.93. The third-order valence-corrected chi connectivity index (χ3v) is 7.56. The van der Waals surface area contributed by atoms with Gasteiger partial charge in [0, 0.05) is 34.1 Å². The van der Waals surface area contributed by atoms with Gasteiger partial charge in [0.2, 0.25) is 17.6 Å². The molecule has 2 aromatic heterocycles. The molecular weight excluding hydrogens is 589 g/mol. The van der Waals surface area contributed by atoms with Gasteiger partial charge in [0.25, 0.3) is 0 Å². The number of aromatic nitrogens is 2. The molecule has 0 spiro atoms. The molecule has 0 fully saturated rings. The van der Waals surface area contributed by atoms with Crippen LogP contribution in [0.5, 0.6) is 17.6 Å². The Balaban J connectivity index is 2.10. The van der Waals surface area contributed by atoms with Crippen molar-refractivity contribution >= 4 is 26.8 Å². The predicted octanol–water partition coefficient (Wildman–Crippen LogP) is 6.62. The van der Waals surface area contributed by atoms with Crippen molar-refractivity contribution in [1.82, 2.24) is 14.9 Å². The van der Waals surface area contributed by atoms with Crippen LogP contribution in [0.25, 0.3) is 10.9 Å². The van der Waals surface area contributed by atoms with Gasteiger partial charge in [-0.25, -0.2) is 9.37 Å². The summed E-state index contributed by atoms with van der Waals surface area (Å²) in [6.07, 6.45) is 0.0806. The Hall–Kier alpha value is -3.27. The molecule has 2 unspecified atom stereocenters. The normalized spacial score (nSPS) is 13.9. The van der Waals surface area contributed by atoms with E-state index in [0.29, 0.717) is 46.1 Å². The van der Waals surface area contributed by atoms with E-state index in [2.05, 4.69) is 20.9 Å². The number of hydrogen-bond acceptors (Lipinski definition) is 7. The summed E-state index contributed by atoms with van der Waals surface area (Å²) in [5, 5.41) is 13.8. The standard InChI is InChI=1S/C32H37BrFN3O4/c1-19(2)41-28-18-22(17-27(36-28)39-6)32(38,13-14-37(4)5)29(24-10-8-9-20(3)30(24)34)25-16-21-15-23(33)11-12-26(21)35-31(25)40-7/h8-12,15-19,29,38H,13-14H2,1-7H3. The maximum absolute atomic E-state index is 16.1. The second-order valence-corrected chi connectivity index (χ2v) is 11.6. The number of halogens is 2. The molecule has 218 valence electrons. The van der Waals surface area contributed by atoms with Crippen LogP contribution in [0.15, 0.2) is 59.1 Å². The van der Waals surface area contributed by atoms with Gasteiger partial charge in [0.15, 0.2) is 0 Å². The van der Waals surface area contributed by atoms with E-state index in [1.807, 2.05) is 57.1 Å². The lowest BCUT2D eigenvalue weighted by atomic mass is 9.71. The molecule has 1 N–H and O–H groups in total. The molecule has 0 bridgehead atoms. The molecule has 2 atom stereocenters. The summed E-state index contributed by atoms with van der Waals surface area (Å²) in [7, 11) is 6.90. The van der Waals surface area contributed by atoms with Crippen molar-refractivity contribution in [3.8, 4) is 17.6 Å². The van der Waals surface area contributed by atoms with E-state index in [-0.39, 0.29) is 18.4 Å². The summed E-state index contributed by atoms with van der Waals surface area (Å²) in [6.45, 7) is 6.01. The molecule has 0 aliphatic rings. The Morgan fingerprint density at radius 3 is 2.37 bits per heavy atom. The number of ether oxygens (including phenoxy) is 3. The van der Waals surface area contributed by atoms with Crippen LogP contribution in [-0.2, 0) is 5.60 Å². The molecule has 4 aromatic rings. The van der Waals surface area contributed by atoms with Crippen LogP contribution in [0.1, 0.15) is 48.4 Å². The van der Waals surface area contributed by atoms with Crippen molar-refractivity contribution < 1.29 is 23.7 Å². The highest BCUT2D eigenvalue weighted by molar-refractivity contribution is 9.10. The Labute approximate surface area is 249 Å². The molecule has 0 radical (unpaired) electrons. The van der Waals surface area contributed by atoms with E-state index in [0.717, 1.165) is 9.86 Å². The molecule has 0 saturated heterocycles. The average molecular weight is 627 g/mol. The van der Waals surface area contributed by atoms with E-state index >= 15 is 4.39 Å². The first kappa shape index (κ1) is 30.7. The number of nitrogens with zero attached hydrogens (tertiary/aromatic N) is 3. The lowest BCUT2D eigenvalue weighted by Crippen LogP contribution is -2.38. The number of benzene rings is 2. The predicted molar refractivity (Wildman–Crippen MR) is 163 cm³/mol. The van der Waals surface area contributed by atoms with Crippen molar-refractivity contribution in [3.05, 3.63) is 87.1 Å². The minimum Gasteiger partial charge on any atom is -0.481 e. The fourth-order valence-electron chi connectivity index (χ4n) is 5.08. The van der Waals surface area contributed by atoms with Crippen molar-refractivity contribution in [1.29, 1.82) is 0 Å². The van der Waals surface area contributed by atoms with Gasteiger partial charge in [0.1, 0.15) is 11.4 Å². The monoisotopic (exact) mass is 625 g/mol. The summed E-state index contributed by atoms with van der Waals surface area (Å²) in [5.74, 6) is -0.455. The smallest absolute Gasteiger partial charge is 0.217 e. The number of aryl methyl sites for hydroxylation is 1. The lowest BCUT2D eigenvalue weighted by molar-refractivity contribution is 0.00225.